The fourth-order valence-electron chi connectivity index (χ4n) is 2.11. The molecule has 0 N–H and O–H groups in total. The average Bonchev–Trinajstić information content (AvgIpc) is 2.96. The van der Waals surface area contributed by atoms with Crippen LogP contribution >= 0.6 is 0 Å². The Bertz CT molecular complexity index is 495. The van der Waals surface area contributed by atoms with E-state index in [0.717, 1.165) is 0 Å². The molecule has 2 aliphatic carbocycles. The van der Waals surface area contributed by atoms with Gasteiger partial charge in [-0.3, -0.25) is 12.2 Å². The maximum Gasteiger partial charge on any atom is -1.00 e. The van der Waals surface area contributed by atoms with Crippen molar-refractivity contribution in [3.8, 4) is 0 Å². The van der Waals surface area contributed by atoms with E-state index in [1.165, 1.54) is 11.1 Å². The van der Waals surface area contributed by atoms with Gasteiger partial charge in [-0.15, -0.1) is 0 Å². The van der Waals surface area contributed by atoms with Crippen molar-refractivity contribution >= 4 is 5.43 Å². The largest absolute Gasteiger partial charge is 1.00 e. The van der Waals surface area contributed by atoms with Gasteiger partial charge in [0, 0.05) is 0 Å². The molecule has 0 bridgehead atoms. The monoisotopic (exact) mass is 488 g/mol. The summed E-state index contributed by atoms with van der Waals surface area (Å²) in [5.41, 5.74) is 3.65. The molecule has 2 atom stereocenters. The number of halogens is 2. The van der Waals surface area contributed by atoms with Gasteiger partial charge in [0.15, 0.2) is 0 Å². The quantitative estimate of drug-likeness (QED) is 0.347. The van der Waals surface area contributed by atoms with E-state index in [-0.39, 0.29) is 30.2 Å². The Kier molecular flexibility index (Phi) is 16.6. The van der Waals surface area contributed by atoms with Gasteiger partial charge in [-0.2, -0.15) is 23.3 Å². The zero-order valence-corrected chi connectivity index (χ0v) is 23.2. The van der Waals surface area contributed by atoms with E-state index < -0.39 is 0 Å². The Balaban J connectivity index is -0.000000319. The molecule has 0 amide bonds. The number of hydrogen-bond donors (Lipinski definition) is 0. The molecule has 0 fully saturated rings. The van der Waals surface area contributed by atoms with Crippen LogP contribution < -0.4 is 24.8 Å². The van der Waals surface area contributed by atoms with E-state index in [9.17, 15) is 0 Å². The van der Waals surface area contributed by atoms with Crippen LogP contribution in [0.15, 0.2) is 35.5 Å². The third-order valence-corrected chi connectivity index (χ3v) is 3.59. The van der Waals surface area contributed by atoms with E-state index in [0.29, 0.717) is 22.7 Å². The minimum absolute atomic E-state index is 0. The summed E-state index contributed by atoms with van der Waals surface area (Å²) in [5, 5.41) is 0. The SMILES string of the molecule is CC1[C-]=CC(C(C)(C)C)=C1.CC1[C-]=CC(C(C)(C)C)=C1.C[Si](C)=[Zr+2].[Cl-].[Cl-]. The van der Waals surface area contributed by atoms with Crippen LogP contribution in [-0.4, -0.2) is 5.43 Å². The second-order valence-electron chi connectivity index (χ2n) is 8.94. The van der Waals surface area contributed by atoms with Gasteiger partial charge in [-0.25, -0.2) is 12.2 Å². The van der Waals surface area contributed by atoms with Gasteiger partial charge in [-0.05, 0) is 0 Å². The maximum absolute atomic E-state index is 3.26. The van der Waals surface area contributed by atoms with Crippen LogP contribution in [-0.2, 0) is 23.3 Å². The van der Waals surface area contributed by atoms with Crippen molar-refractivity contribution < 1.29 is 48.1 Å². The molecule has 26 heavy (non-hydrogen) atoms. The van der Waals surface area contributed by atoms with Crippen molar-refractivity contribution in [2.45, 2.75) is 68.5 Å². The zero-order chi connectivity index (χ0) is 19.1. The van der Waals surface area contributed by atoms with E-state index in [4.69, 9.17) is 0 Å². The molecule has 0 aromatic rings. The van der Waals surface area contributed by atoms with Gasteiger partial charge in [0.05, 0.1) is 0 Å². The molecule has 2 rings (SSSR count). The Labute approximate surface area is 191 Å². The summed E-state index contributed by atoms with van der Waals surface area (Å²) in [6.07, 6.45) is 15.3. The van der Waals surface area contributed by atoms with Gasteiger partial charge in [-0.1, -0.05) is 78.1 Å². The fraction of sp³-hybridized carbons (Fsp3) is 0.636. The summed E-state index contributed by atoms with van der Waals surface area (Å²) in [4.78, 5) is 0. The van der Waals surface area contributed by atoms with Crippen LogP contribution in [0, 0.1) is 34.8 Å². The number of rotatable bonds is 0. The van der Waals surface area contributed by atoms with Crippen molar-refractivity contribution in [1.82, 2.24) is 0 Å². The minimum Gasteiger partial charge on any atom is -1.00 e. The first-order chi connectivity index (χ1) is 10.7. The van der Waals surface area contributed by atoms with Crippen LogP contribution in [0.2, 0.25) is 13.1 Å². The van der Waals surface area contributed by atoms with Crippen LogP contribution in [0.4, 0.5) is 0 Å². The first kappa shape index (κ1) is 31.3. The van der Waals surface area contributed by atoms with E-state index in [1.807, 2.05) is 0 Å². The van der Waals surface area contributed by atoms with E-state index in [2.05, 4.69) is 105 Å². The summed E-state index contributed by atoms with van der Waals surface area (Å²) in [5.74, 6) is 1.04. The zero-order valence-electron chi connectivity index (χ0n) is 18.2. The maximum atomic E-state index is 3.26. The van der Waals surface area contributed by atoms with Crippen molar-refractivity contribution in [3.63, 3.8) is 0 Å². The summed E-state index contributed by atoms with van der Waals surface area (Å²) in [6, 6.07) is 0. The molecule has 2 unspecified atom stereocenters. The molecule has 0 saturated carbocycles. The summed E-state index contributed by atoms with van der Waals surface area (Å²) in [7, 11) is 0. The molecule has 0 radical (unpaired) electrons. The molecule has 2 aliphatic rings. The van der Waals surface area contributed by atoms with E-state index in [1.54, 1.807) is 23.3 Å². The number of hydrogen-bond acceptors (Lipinski definition) is 0. The third-order valence-electron chi connectivity index (χ3n) is 3.59. The predicted molar refractivity (Wildman–Crippen MR) is 107 cm³/mol. The van der Waals surface area contributed by atoms with Crippen LogP contribution in [0.3, 0.4) is 0 Å². The Morgan fingerprint density at radius 2 is 1.00 bits per heavy atom. The van der Waals surface area contributed by atoms with Gasteiger partial charge in [0.25, 0.3) is 0 Å². The van der Waals surface area contributed by atoms with Crippen molar-refractivity contribution in [2.24, 2.45) is 22.7 Å². The molecule has 0 aromatic heterocycles. The second-order valence-corrected chi connectivity index (χ2v) is 18.3. The smallest absolute Gasteiger partial charge is 1.00 e. The Hall–Kier alpha value is 0.640. The minimum atomic E-state index is 0. The molecule has 0 heterocycles. The van der Waals surface area contributed by atoms with Crippen LogP contribution in [0.5, 0.6) is 0 Å². The fourth-order valence-corrected chi connectivity index (χ4v) is 2.11. The molecule has 0 spiro atoms. The number of allylic oxidation sites excluding steroid dienone is 8. The molecule has 4 heteroatoms. The first-order valence-electron chi connectivity index (χ1n) is 8.88. The first-order valence-corrected chi connectivity index (χ1v) is 15.1. The third kappa shape index (κ3) is 14.7. The topological polar surface area (TPSA) is 0 Å². The molecule has 0 aliphatic heterocycles. The van der Waals surface area contributed by atoms with Gasteiger partial charge >= 0.3 is 41.9 Å². The predicted octanol–water partition coefficient (Wildman–Crippen LogP) is 0.728. The average molecular weight is 491 g/mol. The second kappa shape index (κ2) is 13.8. The van der Waals surface area contributed by atoms with Gasteiger partial charge < -0.3 is 24.8 Å². The molecular formula is C22H36Cl2SiZr-2. The van der Waals surface area contributed by atoms with Crippen molar-refractivity contribution in [2.75, 3.05) is 0 Å². The summed E-state index contributed by atoms with van der Waals surface area (Å²) >= 11 is 1.74. The van der Waals surface area contributed by atoms with Crippen LogP contribution in [0.1, 0.15) is 55.4 Å². The molecular weight excluding hydrogens is 454 g/mol. The normalized spacial score (nSPS) is 20.5. The molecule has 0 nitrogen and oxygen atoms in total. The Morgan fingerprint density at radius 1 is 0.769 bits per heavy atom. The molecule has 148 valence electrons. The molecule has 0 saturated heterocycles. The van der Waals surface area contributed by atoms with Gasteiger partial charge in [0.1, 0.15) is 0 Å². The van der Waals surface area contributed by atoms with Gasteiger partial charge in [0.2, 0.25) is 0 Å². The van der Waals surface area contributed by atoms with Crippen molar-refractivity contribution in [3.05, 3.63) is 47.6 Å². The summed E-state index contributed by atoms with van der Waals surface area (Å²) < 4.78 is 0. The molecule has 0 aromatic carbocycles. The van der Waals surface area contributed by atoms with Crippen LogP contribution in [0.25, 0.3) is 0 Å². The van der Waals surface area contributed by atoms with Crippen molar-refractivity contribution in [1.29, 1.82) is 0 Å². The summed E-state index contributed by atoms with van der Waals surface area (Å²) in [6.45, 7) is 22.3. The standard InChI is InChI=1S/2C10H15.C2H6Si.2ClH.Zr/c2*1-8-5-6-9(7-8)10(2,3)4;1-3-2;;;/h2*6-8H,1-4H3;1-2H3;2*1H;/q2*-1;;;;+2/p-2. The Morgan fingerprint density at radius 3 is 1.08 bits per heavy atom. The van der Waals surface area contributed by atoms with E-state index >= 15 is 0 Å².